The number of hydrogen-bond donors (Lipinski definition) is 1. The second kappa shape index (κ2) is 9.21. The van der Waals surface area contributed by atoms with Crippen molar-refractivity contribution in [2.24, 2.45) is 0 Å². The minimum Gasteiger partial charge on any atom is -0.481 e. The number of aromatic nitrogens is 1. The van der Waals surface area contributed by atoms with Crippen molar-refractivity contribution in [2.75, 3.05) is 7.11 Å². The fourth-order valence-corrected chi connectivity index (χ4v) is 9.14. The number of rotatable bonds is 7. The summed E-state index contributed by atoms with van der Waals surface area (Å²) in [4.78, 5) is 4.22. The summed E-state index contributed by atoms with van der Waals surface area (Å²) in [6.45, 7) is 17.5. The molecule has 0 amide bonds. The lowest BCUT2D eigenvalue weighted by Crippen LogP contribution is -2.43. The maximum Gasteiger partial charge on any atom is 0.212 e. The van der Waals surface area contributed by atoms with Crippen molar-refractivity contribution >= 4 is 8.07 Å². The van der Waals surface area contributed by atoms with Crippen molar-refractivity contribution in [3.8, 4) is 17.3 Å². The zero-order valence-electron chi connectivity index (χ0n) is 16.7. The summed E-state index contributed by atoms with van der Waals surface area (Å²) in [6.07, 6.45) is 2.68. The average molecular weight is 360 g/mol. The summed E-state index contributed by atoms with van der Waals surface area (Å²) >= 11 is 0. The summed E-state index contributed by atoms with van der Waals surface area (Å²) in [7, 11) is -0.271. The lowest BCUT2D eigenvalue weighted by molar-refractivity contribution is 0.216. The molecule has 0 saturated heterocycles. The third kappa shape index (κ3) is 4.74. The zero-order chi connectivity index (χ0) is 19.2. The van der Waals surface area contributed by atoms with Gasteiger partial charge in [-0.2, -0.15) is 0 Å². The van der Waals surface area contributed by atoms with E-state index < -0.39 is 14.2 Å². The van der Waals surface area contributed by atoms with E-state index >= 15 is 0 Å². The van der Waals surface area contributed by atoms with Gasteiger partial charge in [-0.1, -0.05) is 59.6 Å². The SMILES string of the molecule is C=C[C@H](c1ccc(OC)nc1)[C@H](O)C#C[Si](C(C)C)(C(C)C)C(C)C. The van der Waals surface area contributed by atoms with Crippen LogP contribution in [0.15, 0.2) is 31.0 Å². The summed E-state index contributed by atoms with van der Waals surface area (Å²) < 4.78 is 5.09. The van der Waals surface area contributed by atoms with E-state index in [1.54, 1.807) is 25.4 Å². The van der Waals surface area contributed by atoms with Crippen molar-refractivity contribution in [2.45, 2.75) is 70.2 Å². The van der Waals surface area contributed by atoms with Crippen molar-refractivity contribution in [1.82, 2.24) is 4.98 Å². The number of pyridine rings is 1. The van der Waals surface area contributed by atoms with Gasteiger partial charge in [-0.25, -0.2) is 4.98 Å². The molecule has 0 fully saturated rings. The van der Waals surface area contributed by atoms with Crippen LogP contribution >= 0.6 is 0 Å². The predicted octanol–water partition coefficient (Wildman–Crippen LogP) is 4.94. The minimum absolute atomic E-state index is 0.260. The van der Waals surface area contributed by atoms with Crippen LogP contribution in [-0.2, 0) is 0 Å². The summed E-state index contributed by atoms with van der Waals surface area (Å²) in [5.41, 5.74) is 6.09. The van der Waals surface area contributed by atoms with Crippen LogP contribution in [-0.4, -0.2) is 31.4 Å². The lowest BCUT2D eigenvalue weighted by atomic mass is 9.95. The maximum absolute atomic E-state index is 10.7. The number of methoxy groups -OCH3 is 1. The van der Waals surface area contributed by atoms with Gasteiger partial charge < -0.3 is 9.84 Å². The molecule has 0 aromatic carbocycles. The van der Waals surface area contributed by atoms with Crippen LogP contribution in [0, 0.1) is 11.5 Å². The highest BCUT2D eigenvalue weighted by Gasteiger charge is 2.41. The second-order valence-corrected chi connectivity index (χ2v) is 13.1. The molecular weight excluding hydrogens is 326 g/mol. The summed E-state index contributed by atoms with van der Waals surface area (Å²) in [6, 6.07) is 3.70. The molecule has 2 atom stereocenters. The van der Waals surface area contributed by atoms with Crippen molar-refractivity contribution in [1.29, 1.82) is 0 Å². The fourth-order valence-electron chi connectivity index (χ4n) is 3.88. The van der Waals surface area contributed by atoms with Gasteiger partial charge in [0.25, 0.3) is 0 Å². The molecular formula is C21H33NO2Si. The molecule has 0 radical (unpaired) electrons. The zero-order valence-corrected chi connectivity index (χ0v) is 17.7. The smallest absolute Gasteiger partial charge is 0.212 e. The molecule has 1 aromatic rings. The van der Waals surface area contributed by atoms with Crippen LogP contribution < -0.4 is 4.74 Å². The molecule has 138 valence electrons. The quantitative estimate of drug-likeness (QED) is 0.426. The van der Waals surface area contributed by atoms with Crippen LogP contribution in [0.2, 0.25) is 16.6 Å². The largest absolute Gasteiger partial charge is 0.481 e. The number of nitrogens with zero attached hydrogens (tertiary/aromatic N) is 1. The van der Waals surface area contributed by atoms with E-state index in [1.165, 1.54) is 0 Å². The average Bonchev–Trinajstić information content (AvgIpc) is 2.55. The Morgan fingerprint density at radius 2 is 1.68 bits per heavy atom. The van der Waals surface area contributed by atoms with Gasteiger partial charge in [-0.15, -0.1) is 12.1 Å². The van der Waals surface area contributed by atoms with Crippen molar-refractivity contribution in [3.05, 3.63) is 36.5 Å². The molecule has 25 heavy (non-hydrogen) atoms. The van der Waals surface area contributed by atoms with Crippen molar-refractivity contribution in [3.63, 3.8) is 0 Å². The molecule has 0 aliphatic heterocycles. The summed E-state index contributed by atoms with van der Waals surface area (Å²) in [5.74, 6) is 3.48. The molecule has 1 rings (SSSR count). The minimum atomic E-state index is -1.86. The molecule has 0 saturated carbocycles. The molecule has 0 spiro atoms. The predicted molar refractivity (Wildman–Crippen MR) is 109 cm³/mol. The number of aliphatic hydroxyl groups excluding tert-OH is 1. The Balaban J connectivity index is 3.18. The summed E-state index contributed by atoms with van der Waals surface area (Å²) in [5, 5.41) is 10.7. The third-order valence-corrected chi connectivity index (χ3v) is 11.6. The highest BCUT2D eigenvalue weighted by atomic mass is 28.3. The Morgan fingerprint density at radius 3 is 2.04 bits per heavy atom. The standard InChI is InChI=1S/C21H33NO2Si/c1-9-19(18-10-11-21(24-8)22-14-18)20(23)12-13-25(15(2)3,16(4)5)17(6)7/h9-11,14-17,19-20,23H,1H2,2-8H3/t19-,20-/m1/s1. The van der Waals surface area contributed by atoms with E-state index in [9.17, 15) is 5.11 Å². The first kappa shape index (κ1) is 21.5. The fraction of sp³-hybridized carbons (Fsp3) is 0.571. The van der Waals surface area contributed by atoms with E-state index in [2.05, 4.69) is 64.6 Å². The van der Waals surface area contributed by atoms with Crippen LogP contribution in [0.3, 0.4) is 0 Å². The Hall–Kier alpha value is -1.57. The van der Waals surface area contributed by atoms with Gasteiger partial charge in [0.15, 0.2) is 0 Å². The molecule has 0 bridgehead atoms. The normalized spacial score (nSPS) is 14.2. The van der Waals surface area contributed by atoms with Gasteiger partial charge in [-0.3, -0.25) is 0 Å². The van der Waals surface area contributed by atoms with Crippen LogP contribution in [0.25, 0.3) is 0 Å². The number of ether oxygens (including phenoxy) is 1. The molecule has 1 heterocycles. The number of aliphatic hydroxyl groups is 1. The Kier molecular flexibility index (Phi) is 7.91. The van der Waals surface area contributed by atoms with Gasteiger partial charge in [0.05, 0.1) is 7.11 Å². The van der Waals surface area contributed by atoms with E-state index in [1.807, 2.05) is 6.07 Å². The van der Waals surface area contributed by atoms with Crippen LogP contribution in [0.1, 0.15) is 53.0 Å². The number of hydrogen-bond acceptors (Lipinski definition) is 3. The van der Waals surface area contributed by atoms with Gasteiger partial charge in [0.1, 0.15) is 14.2 Å². The molecule has 0 aliphatic rings. The van der Waals surface area contributed by atoms with E-state index in [4.69, 9.17) is 4.74 Å². The van der Waals surface area contributed by atoms with E-state index in [0.717, 1.165) is 5.56 Å². The Bertz CT molecular complexity index is 589. The molecule has 1 aromatic heterocycles. The molecule has 0 aliphatic carbocycles. The Morgan fingerprint density at radius 1 is 1.12 bits per heavy atom. The maximum atomic E-state index is 10.7. The highest BCUT2D eigenvalue weighted by molar-refractivity contribution is 6.90. The first-order valence-electron chi connectivity index (χ1n) is 9.03. The Labute approximate surface area is 154 Å². The first-order valence-corrected chi connectivity index (χ1v) is 11.3. The highest BCUT2D eigenvalue weighted by Crippen LogP contribution is 2.40. The molecule has 0 unspecified atom stereocenters. The van der Waals surface area contributed by atoms with E-state index in [0.29, 0.717) is 22.5 Å². The van der Waals surface area contributed by atoms with Crippen LogP contribution in [0.4, 0.5) is 0 Å². The molecule has 3 nitrogen and oxygen atoms in total. The molecule has 4 heteroatoms. The van der Waals surface area contributed by atoms with Crippen molar-refractivity contribution < 1.29 is 9.84 Å². The monoisotopic (exact) mass is 359 g/mol. The van der Waals surface area contributed by atoms with Crippen LogP contribution in [0.5, 0.6) is 5.88 Å². The topological polar surface area (TPSA) is 42.4 Å². The first-order chi connectivity index (χ1) is 11.7. The van der Waals surface area contributed by atoms with E-state index in [-0.39, 0.29) is 5.92 Å². The van der Waals surface area contributed by atoms with Gasteiger partial charge in [0.2, 0.25) is 5.88 Å². The second-order valence-electron chi connectivity index (χ2n) is 7.51. The third-order valence-electron chi connectivity index (χ3n) is 5.25. The van der Waals surface area contributed by atoms with Gasteiger partial charge in [-0.05, 0) is 22.2 Å². The van der Waals surface area contributed by atoms with Gasteiger partial charge >= 0.3 is 0 Å². The molecule has 1 N–H and O–H groups in total. The van der Waals surface area contributed by atoms with Gasteiger partial charge in [0, 0.05) is 18.2 Å². The lowest BCUT2D eigenvalue weighted by Gasteiger charge is -2.38.